The van der Waals surface area contributed by atoms with Gasteiger partial charge >= 0.3 is 0 Å². The summed E-state index contributed by atoms with van der Waals surface area (Å²) in [5.74, 6) is -0.0474. The summed E-state index contributed by atoms with van der Waals surface area (Å²) in [4.78, 5) is 11.2. The van der Waals surface area contributed by atoms with Gasteiger partial charge in [-0.3, -0.25) is 4.79 Å². The standard InChI is InChI=1S/C18H22N2O/c1-3-8-15-9-4-6-11-17(15)19-13-16-10-5-7-12-18(16)20-14(2)21/h4-7,9-12,19H,3,8,13H2,1-2H3,(H,20,21). The molecule has 0 aromatic heterocycles. The highest BCUT2D eigenvalue weighted by Gasteiger charge is 2.05. The number of aryl methyl sites for hydroxylation is 1. The van der Waals surface area contributed by atoms with Crippen molar-refractivity contribution in [1.82, 2.24) is 0 Å². The molecule has 110 valence electrons. The number of rotatable bonds is 6. The van der Waals surface area contributed by atoms with E-state index in [0.717, 1.165) is 29.8 Å². The fourth-order valence-corrected chi connectivity index (χ4v) is 2.36. The topological polar surface area (TPSA) is 41.1 Å². The summed E-state index contributed by atoms with van der Waals surface area (Å²) in [5, 5.41) is 6.35. The number of anilines is 2. The number of benzene rings is 2. The number of carbonyl (C=O) groups excluding carboxylic acids is 1. The van der Waals surface area contributed by atoms with Gasteiger partial charge in [0.1, 0.15) is 0 Å². The van der Waals surface area contributed by atoms with E-state index in [1.54, 1.807) is 0 Å². The largest absolute Gasteiger partial charge is 0.381 e. The lowest BCUT2D eigenvalue weighted by molar-refractivity contribution is -0.114. The molecule has 0 fully saturated rings. The Morgan fingerprint density at radius 3 is 2.24 bits per heavy atom. The van der Waals surface area contributed by atoms with Gasteiger partial charge in [-0.1, -0.05) is 49.7 Å². The van der Waals surface area contributed by atoms with E-state index in [0.29, 0.717) is 6.54 Å². The molecule has 2 aromatic rings. The molecule has 0 saturated carbocycles. The third kappa shape index (κ3) is 4.35. The molecule has 2 aromatic carbocycles. The van der Waals surface area contributed by atoms with Crippen molar-refractivity contribution in [3.05, 3.63) is 59.7 Å². The first kappa shape index (κ1) is 15.1. The average Bonchev–Trinajstić information content (AvgIpc) is 2.47. The van der Waals surface area contributed by atoms with Crippen molar-refractivity contribution in [2.24, 2.45) is 0 Å². The molecule has 0 spiro atoms. The van der Waals surface area contributed by atoms with Gasteiger partial charge in [-0.2, -0.15) is 0 Å². The van der Waals surface area contributed by atoms with Gasteiger partial charge in [0.05, 0.1) is 0 Å². The zero-order chi connectivity index (χ0) is 15.1. The highest BCUT2D eigenvalue weighted by atomic mass is 16.1. The van der Waals surface area contributed by atoms with Crippen LogP contribution in [0.5, 0.6) is 0 Å². The van der Waals surface area contributed by atoms with Crippen LogP contribution in [0.2, 0.25) is 0 Å². The molecule has 3 heteroatoms. The SMILES string of the molecule is CCCc1ccccc1NCc1ccccc1NC(C)=O. The molecule has 1 amide bonds. The summed E-state index contributed by atoms with van der Waals surface area (Å²) >= 11 is 0. The number of amides is 1. The molecule has 2 N–H and O–H groups in total. The number of para-hydroxylation sites is 2. The fraction of sp³-hybridized carbons (Fsp3) is 0.278. The molecule has 2 rings (SSSR count). The quantitative estimate of drug-likeness (QED) is 0.833. The van der Waals surface area contributed by atoms with E-state index in [-0.39, 0.29) is 5.91 Å². The molecule has 0 bridgehead atoms. The molecule has 3 nitrogen and oxygen atoms in total. The van der Waals surface area contributed by atoms with Crippen LogP contribution in [0.15, 0.2) is 48.5 Å². The Bertz CT molecular complexity index is 608. The second kappa shape index (κ2) is 7.48. The van der Waals surface area contributed by atoms with Crippen LogP contribution in [-0.4, -0.2) is 5.91 Å². The normalized spacial score (nSPS) is 10.2. The van der Waals surface area contributed by atoms with Crippen molar-refractivity contribution in [2.45, 2.75) is 33.2 Å². The van der Waals surface area contributed by atoms with E-state index >= 15 is 0 Å². The minimum absolute atomic E-state index is 0.0474. The number of carbonyl (C=O) groups is 1. The molecular weight excluding hydrogens is 260 g/mol. The summed E-state index contributed by atoms with van der Waals surface area (Å²) in [6.45, 7) is 4.40. The van der Waals surface area contributed by atoms with E-state index in [1.165, 1.54) is 12.5 Å². The minimum atomic E-state index is -0.0474. The highest BCUT2D eigenvalue weighted by molar-refractivity contribution is 5.89. The maximum absolute atomic E-state index is 11.2. The molecule has 0 radical (unpaired) electrons. The first-order valence-corrected chi connectivity index (χ1v) is 7.38. The van der Waals surface area contributed by atoms with Gasteiger partial charge in [0, 0.05) is 24.8 Å². The van der Waals surface area contributed by atoms with Crippen LogP contribution in [0.1, 0.15) is 31.4 Å². The summed E-state index contributed by atoms with van der Waals surface area (Å²) < 4.78 is 0. The third-order valence-corrected chi connectivity index (χ3v) is 3.33. The van der Waals surface area contributed by atoms with Crippen molar-refractivity contribution < 1.29 is 4.79 Å². The van der Waals surface area contributed by atoms with Crippen LogP contribution in [0, 0.1) is 0 Å². The fourth-order valence-electron chi connectivity index (χ4n) is 2.36. The van der Waals surface area contributed by atoms with Gasteiger partial charge < -0.3 is 10.6 Å². The van der Waals surface area contributed by atoms with Crippen molar-refractivity contribution in [2.75, 3.05) is 10.6 Å². The summed E-state index contributed by atoms with van der Waals surface area (Å²) in [6, 6.07) is 16.2. The Labute approximate surface area is 126 Å². The maximum Gasteiger partial charge on any atom is 0.221 e. The van der Waals surface area contributed by atoms with Crippen LogP contribution in [0.4, 0.5) is 11.4 Å². The number of hydrogen-bond donors (Lipinski definition) is 2. The first-order valence-electron chi connectivity index (χ1n) is 7.38. The van der Waals surface area contributed by atoms with Crippen LogP contribution >= 0.6 is 0 Å². The highest BCUT2D eigenvalue weighted by Crippen LogP contribution is 2.20. The second-order valence-electron chi connectivity index (χ2n) is 5.10. The van der Waals surface area contributed by atoms with Crippen molar-refractivity contribution in [1.29, 1.82) is 0 Å². The number of nitrogens with one attached hydrogen (secondary N) is 2. The summed E-state index contributed by atoms with van der Waals surface area (Å²) in [6.07, 6.45) is 2.19. The summed E-state index contributed by atoms with van der Waals surface area (Å²) in [7, 11) is 0. The van der Waals surface area contributed by atoms with E-state index in [4.69, 9.17) is 0 Å². The molecule has 0 aliphatic carbocycles. The second-order valence-corrected chi connectivity index (χ2v) is 5.10. The molecule has 0 aliphatic rings. The Kier molecular flexibility index (Phi) is 5.38. The lowest BCUT2D eigenvalue weighted by Crippen LogP contribution is -2.10. The van der Waals surface area contributed by atoms with Gasteiger partial charge in [-0.25, -0.2) is 0 Å². The Morgan fingerprint density at radius 1 is 0.952 bits per heavy atom. The monoisotopic (exact) mass is 282 g/mol. The van der Waals surface area contributed by atoms with Gasteiger partial charge in [-0.05, 0) is 29.7 Å². The zero-order valence-corrected chi connectivity index (χ0v) is 12.6. The van der Waals surface area contributed by atoms with Crippen LogP contribution in [-0.2, 0) is 17.8 Å². The van der Waals surface area contributed by atoms with E-state index in [1.807, 2.05) is 30.3 Å². The smallest absolute Gasteiger partial charge is 0.221 e. The lowest BCUT2D eigenvalue weighted by Gasteiger charge is -2.14. The molecule has 0 unspecified atom stereocenters. The Morgan fingerprint density at radius 2 is 1.57 bits per heavy atom. The average molecular weight is 282 g/mol. The van der Waals surface area contributed by atoms with Crippen LogP contribution < -0.4 is 10.6 Å². The molecule has 0 heterocycles. The Balaban J connectivity index is 2.11. The van der Waals surface area contributed by atoms with E-state index in [9.17, 15) is 4.79 Å². The molecule has 0 aliphatic heterocycles. The molecule has 21 heavy (non-hydrogen) atoms. The van der Waals surface area contributed by atoms with Crippen molar-refractivity contribution in [3.8, 4) is 0 Å². The van der Waals surface area contributed by atoms with Gasteiger partial charge in [-0.15, -0.1) is 0 Å². The minimum Gasteiger partial charge on any atom is -0.381 e. The van der Waals surface area contributed by atoms with Gasteiger partial charge in [0.2, 0.25) is 5.91 Å². The predicted octanol–water partition coefficient (Wildman–Crippen LogP) is 4.21. The molecule has 0 saturated heterocycles. The van der Waals surface area contributed by atoms with Gasteiger partial charge in [0.25, 0.3) is 0 Å². The first-order chi connectivity index (χ1) is 10.2. The zero-order valence-electron chi connectivity index (χ0n) is 12.6. The van der Waals surface area contributed by atoms with E-state index in [2.05, 4.69) is 35.8 Å². The van der Waals surface area contributed by atoms with Crippen molar-refractivity contribution in [3.63, 3.8) is 0 Å². The van der Waals surface area contributed by atoms with E-state index < -0.39 is 0 Å². The lowest BCUT2D eigenvalue weighted by atomic mass is 10.1. The van der Waals surface area contributed by atoms with Gasteiger partial charge in [0.15, 0.2) is 0 Å². The van der Waals surface area contributed by atoms with Crippen molar-refractivity contribution >= 4 is 17.3 Å². The predicted molar refractivity (Wildman–Crippen MR) is 88.5 cm³/mol. The Hall–Kier alpha value is -2.29. The molecule has 0 atom stereocenters. The third-order valence-electron chi connectivity index (χ3n) is 3.33. The van der Waals surface area contributed by atoms with Crippen LogP contribution in [0.3, 0.4) is 0 Å². The maximum atomic E-state index is 11.2. The van der Waals surface area contributed by atoms with Crippen LogP contribution in [0.25, 0.3) is 0 Å². The number of hydrogen-bond acceptors (Lipinski definition) is 2. The summed E-state index contributed by atoms with van der Waals surface area (Å²) in [5.41, 5.74) is 4.44. The molecular formula is C18H22N2O.